The van der Waals surface area contributed by atoms with E-state index in [4.69, 9.17) is 4.42 Å². The van der Waals surface area contributed by atoms with Crippen molar-refractivity contribution in [1.82, 2.24) is 10.3 Å². The second-order valence-electron chi connectivity index (χ2n) is 4.64. The van der Waals surface area contributed by atoms with E-state index in [9.17, 15) is 17.6 Å². The molecule has 1 aromatic heterocycles. The molecule has 1 unspecified atom stereocenters. The second kappa shape index (κ2) is 3.93. The van der Waals surface area contributed by atoms with Crippen molar-refractivity contribution in [2.45, 2.75) is 18.0 Å². The summed E-state index contributed by atoms with van der Waals surface area (Å²) in [4.78, 5) is 3.83. The molecule has 1 fully saturated rings. The van der Waals surface area contributed by atoms with Crippen LogP contribution in [0.15, 0.2) is 22.6 Å². The lowest BCUT2D eigenvalue weighted by atomic mass is 9.86. The number of hydrogen-bond acceptors (Lipinski definition) is 3. The minimum atomic E-state index is -4.46. The van der Waals surface area contributed by atoms with E-state index in [1.807, 2.05) is 0 Å². The third-order valence-corrected chi connectivity index (χ3v) is 3.46. The van der Waals surface area contributed by atoms with Gasteiger partial charge in [0.2, 0.25) is 5.89 Å². The van der Waals surface area contributed by atoms with Gasteiger partial charge in [-0.3, -0.25) is 0 Å². The molecule has 1 aliphatic rings. The van der Waals surface area contributed by atoms with Crippen molar-refractivity contribution >= 4 is 11.1 Å². The number of rotatable bonds is 1. The Hall–Kier alpha value is -1.63. The number of nitrogens with one attached hydrogen (secondary N) is 1. The third-order valence-electron chi connectivity index (χ3n) is 3.46. The fourth-order valence-electron chi connectivity index (χ4n) is 2.34. The van der Waals surface area contributed by atoms with Crippen LogP contribution in [0.1, 0.15) is 12.3 Å². The number of alkyl halides is 3. The summed E-state index contributed by atoms with van der Waals surface area (Å²) >= 11 is 0. The molecule has 1 N–H and O–H groups in total. The standard InChI is InChI=1S/C12H10F4N2O/c13-7-1-2-9-8(5-7)18-10(19-9)11(12(14,15)16)3-4-17-6-11/h1-2,5,17H,3-4,6H2. The van der Waals surface area contributed by atoms with Gasteiger partial charge in [-0.25, -0.2) is 9.37 Å². The molecule has 0 amide bonds. The SMILES string of the molecule is Fc1ccc2oc(C3(C(F)(F)F)CCNC3)nc2c1. The van der Waals surface area contributed by atoms with Crippen LogP contribution in [-0.2, 0) is 5.41 Å². The van der Waals surface area contributed by atoms with Crippen LogP contribution >= 0.6 is 0 Å². The van der Waals surface area contributed by atoms with E-state index in [1.54, 1.807) is 0 Å². The summed E-state index contributed by atoms with van der Waals surface area (Å²) in [6.45, 7) is -0.0294. The Balaban J connectivity index is 2.16. The lowest BCUT2D eigenvalue weighted by molar-refractivity contribution is -0.190. The average molecular weight is 274 g/mol. The fraction of sp³-hybridized carbons (Fsp3) is 0.417. The van der Waals surface area contributed by atoms with Crippen LogP contribution < -0.4 is 5.32 Å². The first-order valence-corrected chi connectivity index (χ1v) is 5.76. The molecule has 7 heteroatoms. The highest BCUT2D eigenvalue weighted by Gasteiger charge is 2.60. The lowest BCUT2D eigenvalue weighted by Gasteiger charge is -2.27. The zero-order valence-electron chi connectivity index (χ0n) is 9.72. The van der Waals surface area contributed by atoms with Gasteiger partial charge >= 0.3 is 6.18 Å². The van der Waals surface area contributed by atoms with Crippen LogP contribution in [0, 0.1) is 5.82 Å². The maximum absolute atomic E-state index is 13.3. The van der Waals surface area contributed by atoms with Crippen LogP contribution in [0.25, 0.3) is 11.1 Å². The summed E-state index contributed by atoms with van der Waals surface area (Å²) in [5.41, 5.74) is -1.86. The molecule has 2 heterocycles. The molecule has 1 saturated heterocycles. The number of hydrogen-bond donors (Lipinski definition) is 1. The number of fused-ring (bicyclic) bond motifs is 1. The van der Waals surface area contributed by atoms with Crippen LogP contribution in [-0.4, -0.2) is 24.2 Å². The van der Waals surface area contributed by atoms with Gasteiger partial charge in [0.15, 0.2) is 11.0 Å². The molecule has 0 saturated carbocycles. The van der Waals surface area contributed by atoms with Gasteiger partial charge in [-0.15, -0.1) is 0 Å². The van der Waals surface area contributed by atoms with Crippen LogP contribution in [0.5, 0.6) is 0 Å². The van der Waals surface area contributed by atoms with E-state index in [0.717, 1.165) is 12.1 Å². The molecule has 2 aromatic rings. The van der Waals surface area contributed by atoms with Crippen LogP contribution in [0.3, 0.4) is 0 Å². The number of oxazole rings is 1. The largest absolute Gasteiger partial charge is 0.440 e. The molecule has 0 spiro atoms. The van der Waals surface area contributed by atoms with Crippen LogP contribution in [0.4, 0.5) is 17.6 Å². The molecule has 1 aromatic carbocycles. The summed E-state index contributed by atoms with van der Waals surface area (Å²) in [5.74, 6) is -0.955. The van der Waals surface area contributed by atoms with Gasteiger partial charge in [0.1, 0.15) is 11.3 Å². The minimum absolute atomic E-state index is 0.102. The summed E-state index contributed by atoms with van der Waals surface area (Å²) in [5, 5.41) is 2.68. The average Bonchev–Trinajstić information content (AvgIpc) is 2.93. The van der Waals surface area contributed by atoms with E-state index in [2.05, 4.69) is 10.3 Å². The van der Waals surface area contributed by atoms with Crippen molar-refractivity contribution < 1.29 is 22.0 Å². The normalized spacial score (nSPS) is 24.2. The van der Waals surface area contributed by atoms with E-state index in [0.29, 0.717) is 0 Å². The number of halogens is 4. The highest BCUT2D eigenvalue weighted by Crippen LogP contribution is 2.45. The zero-order valence-corrected chi connectivity index (χ0v) is 9.72. The Morgan fingerprint density at radius 3 is 2.74 bits per heavy atom. The predicted molar refractivity (Wildman–Crippen MR) is 59.2 cm³/mol. The summed E-state index contributed by atoms with van der Waals surface area (Å²) in [6, 6.07) is 3.48. The highest BCUT2D eigenvalue weighted by atomic mass is 19.4. The first kappa shape index (κ1) is 12.4. The van der Waals surface area contributed by atoms with Gasteiger partial charge in [0, 0.05) is 12.6 Å². The lowest BCUT2D eigenvalue weighted by Crippen LogP contribution is -2.44. The van der Waals surface area contributed by atoms with Crippen molar-refractivity contribution in [2.24, 2.45) is 0 Å². The molecule has 0 radical (unpaired) electrons. The van der Waals surface area contributed by atoms with E-state index in [-0.39, 0.29) is 30.6 Å². The van der Waals surface area contributed by atoms with Crippen molar-refractivity contribution in [3.8, 4) is 0 Å². The smallest absolute Gasteiger partial charge is 0.404 e. The Morgan fingerprint density at radius 2 is 2.11 bits per heavy atom. The van der Waals surface area contributed by atoms with Gasteiger partial charge in [-0.1, -0.05) is 0 Å². The van der Waals surface area contributed by atoms with Gasteiger partial charge in [0.25, 0.3) is 0 Å². The first-order valence-electron chi connectivity index (χ1n) is 5.76. The van der Waals surface area contributed by atoms with Crippen molar-refractivity contribution in [2.75, 3.05) is 13.1 Å². The summed E-state index contributed by atoms with van der Waals surface area (Å²) in [6.07, 6.45) is -4.60. The van der Waals surface area contributed by atoms with Gasteiger partial charge in [-0.05, 0) is 25.1 Å². The Kier molecular flexibility index (Phi) is 2.57. The Labute approximate surface area is 105 Å². The summed E-state index contributed by atoms with van der Waals surface area (Å²) < 4.78 is 58.1. The topological polar surface area (TPSA) is 38.1 Å². The van der Waals surface area contributed by atoms with Gasteiger partial charge in [-0.2, -0.15) is 13.2 Å². The highest BCUT2D eigenvalue weighted by molar-refractivity contribution is 5.72. The molecule has 1 atom stereocenters. The quantitative estimate of drug-likeness (QED) is 0.813. The minimum Gasteiger partial charge on any atom is -0.440 e. The van der Waals surface area contributed by atoms with Crippen molar-refractivity contribution in [1.29, 1.82) is 0 Å². The fourth-order valence-corrected chi connectivity index (χ4v) is 2.34. The Bertz CT molecular complexity index is 614. The number of benzene rings is 1. The van der Waals surface area contributed by atoms with Crippen molar-refractivity contribution in [3.63, 3.8) is 0 Å². The first-order chi connectivity index (χ1) is 8.92. The predicted octanol–water partition coefficient (Wildman–Crippen LogP) is 2.76. The molecule has 0 aliphatic carbocycles. The molecule has 0 bridgehead atoms. The number of aromatic nitrogens is 1. The summed E-state index contributed by atoms with van der Waals surface area (Å²) in [7, 11) is 0. The molecule has 3 nitrogen and oxygen atoms in total. The molecule has 19 heavy (non-hydrogen) atoms. The van der Waals surface area contributed by atoms with Gasteiger partial charge in [0.05, 0.1) is 0 Å². The van der Waals surface area contributed by atoms with Crippen LogP contribution in [0.2, 0.25) is 0 Å². The second-order valence-corrected chi connectivity index (χ2v) is 4.64. The van der Waals surface area contributed by atoms with Crippen molar-refractivity contribution in [3.05, 3.63) is 29.9 Å². The monoisotopic (exact) mass is 274 g/mol. The third kappa shape index (κ3) is 1.80. The van der Waals surface area contributed by atoms with E-state index in [1.165, 1.54) is 6.07 Å². The molecule has 3 rings (SSSR count). The Morgan fingerprint density at radius 1 is 1.32 bits per heavy atom. The van der Waals surface area contributed by atoms with Gasteiger partial charge < -0.3 is 9.73 Å². The molecule has 102 valence electrons. The molecule has 1 aliphatic heterocycles. The van der Waals surface area contributed by atoms with E-state index < -0.39 is 23.3 Å². The van der Waals surface area contributed by atoms with E-state index >= 15 is 0 Å². The number of nitrogens with zero attached hydrogens (tertiary/aromatic N) is 1. The zero-order chi connectivity index (χ0) is 13.7. The maximum Gasteiger partial charge on any atom is 0.404 e. The molecular weight excluding hydrogens is 264 g/mol. The maximum atomic E-state index is 13.3. The molecular formula is C12H10F4N2O.